The lowest BCUT2D eigenvalue weighted by atomic mass is 9.87. The zero-order valence-corrected chi connectivity index (χ0v) is 12.2. The minimum absolute atomic E-state index is 0.508. The van der Waals surface area contributed by atoms with Crippen LogP contribution < -0.4 is 5.32 Å². The van der Waals surface area contributed by atoms with Crippen LogP contribution in [0, 0.1) is 5.92 Å². The lowest BCUT2D eigenvalue weighted by Gasteiger charge is -2.32. The van der Waals surface area contributed by atoms with Crippen molar-refractivity contribution < 1.29 is 4.74 Å². The number of methoxy groups -OCH3 is 1. The van der Waals surface area contributed by atoms with Gasteiger partial charge < -0.3 is 15.0 Å². The van der Waals surface area contributed by atoms with Crippen LogP contribution in [0.25, 0.3) is 0 Å². The standard InChI is InChI=1S/C15H30N2O/c1-13-3-5-14(6-4-13)16-9-12-17-10-7-15(18-2)8-11-17/h13-16H,3-12H2,1-2H3. The van der Waals surface area contributed by atoms with E-state index < -0.39 is 0 Å². The molecule has 18 heavy (non-hydrogen) atoms. The number of rotatable bonds is 5. The van der Waals surface area contributed by atoms with Crippen molar-refractivity contribution in [2.24, 2.45) is 5.92 Å². The van der Waals surface area contributed by atoms with Crippen LogP contribution in [0.4, 0.5) is 0 Å². The molecule has 2 fully saturated rings. The third kappa shape index (κ3) is 4.52. The molecular formula is C15H30N2O. The minimum atomic E-state index is 0.508. The van der Waals surface area contributed by atoms with Crippen molar-refractivity contribution in [1.82, 2.24) is 10.2 Å². The number of piperidine rings is 1. The average Bonchev–Trinajstić information content (AvgIpc) is 2.42. The minimum Gasteiger partial charge on any atom is -0.381 e. The third-order valence-corrected chi connectivity index (χ3v) is 4.74. The van der Waals surface area contributed by atoms with Gasteiger partial charge in [0.25, 0.3) is 0 Å². The fourth-order valence-corrected chi connectivity index (χ4v) is 3.26. The van der Waals surface area contributed by atoms with E-state index in [-0.39, 0.29) is 0 Å². The number of ether oxygens (including phenoxy) is 1. The zero-order chi connectivity index (χ0) is 12.8. The Kier molecular flexibility index (Phi) is 5.93. The van der Waals surface area contributed by atoms with E-state index in [0.717, 1.165) is 18.5 Å². The first-order chi connectivity index (χ1) is 8.78. The van der Waals surface area contributed by atoms with Crippen LogP contribution in [-0.2, 0) is 4.74 Å². The van der Waals surface area contributed by atoms with Gasteiger partial charge in [0.2, 0.25) is 0 Å². The van der Waals surface area contributed by atoms with Crippen LogP contribution >= 0.6 is 0 Å². The number of likely N-dealkylation sites (tertiary alicyclic amines) is 1. The maximum absolute atomic E-state index is 5.41. The van der Waals surface area contributed by atoms with Crippen molar-refractivity contribution in [3.63, 3.8) is 0 Å². The molecule has 2 rings (SSSR count). The molecule has 0 spiro atoms. The smallest absolute Gasteiger partial charge is 0.0595 e. The fraction of sp³-hybridized carbons (Fsp3) is 1.00. The van der Waals surface area contributed by atoms with E-state index in [0.29, 0.717) is 6.10 Å². The highest BCUT2D eigenvalue weighted by atomic mass is 16.5. The summed E-state index contributed by atoms with van der Waals surface area (Å²) in [6.45, 7) is 7.18. The topological polar surface area (TPSA) is 24.5 Å². The van der Waals surface area contributed by atoms with E-state index in [9.17, 15) is 0 Å². The summed E-state index contributed by atoms with van der Waals surface area (Å²) in [6, 6.07) is 0.790. The highest BCUT2D eigenvalue weighted by Gasteiger charge is 2.20. The van der Waals surface area contributed by atoms with Crippen molar-refractivity contribution in [2.75, 3.05) is 33.3 Å². The number of hydrogen-bond donors (Lipinski definition) is 1. The average molecular weight is 254 g/mol. The molecule has 1 aliphatic heterocycles. The fourth-order valence-electron chi connectivity index (χ4n) is 3.26. The van der Waals surface area contributed by atoms with Gasteiger partial charge in [-0.15, -0.1) is 0 Å². The molecule has 1 saturated carbocycles. The maximum atomic E-state index is 5.41. The van der Waals surface area contributed by atoms with E-state index in [4.69, 9.17) is 4.74 Å². The van der Waals surface area contributed by atoms with Gasteiger partial charge in [0, 0.05) is 39.3 Å². The zero-order valence-electron chi connectivity index (χ0n) is 12.2. The molecule has 1 saturated heterocycles. The molecule has 1 aliphatic carbocycles. The molecular weight excluding hydrogens is 224 g/mol. The molecule has 106 valence electrons. The highest BCUT2D eigenvalue weighted by molar-refractivity contribution is 4.77. The van der Waals surface area contributed by atoms with Gasteiger partial charge in [-0.25, -0.2) is 0 Å². The Morgan fingerprint density at radius 3 is 2.33 bits per heavy atom. The lowest BCUT2D eigenvalue weighted by molar-refractivity contribution is 0.0411. The molecule has 0 radical (unpaired) electrons. The number of hydrogen-bond acceptors (Lipinski definition) is 3. The molecule has 0 amide bonds. The summed E-state index contributed by atoms with van der Waals surface area (Å²) >= 11 is 0. The summed E-state index contributed by atoms with van der Waals surface area (Å²) in [6.07, 6.45) is 8.51. The molecule has 3 heteroatoms. The molecule has 0 unspecified atom stereocenters. The molecule has 3 nitrogen and oxygen atoms in total. The van der Waals surface area contributed by atoms with Gasteiger partial charge in [0.15, 0.2) is 0 Å². The summed E-state index contributed by atoms with van der Waals surface area (Å²) in [5, 5.41) is 3.74. The highest BCUT2D eigenvalue weighted by Crippen LogP contribution is 2.23. The second-order valence-corrected chi connectivity index (χ2v) is 6.19. The van der Waals surface area contributed by atoms with E-state index >= 15 is 0 Å². The first kappa shape index (κ1) is 14.3. The van der Waals surface area contributed by atoms with Crippen LogP contribution in [0.15, 0.2) is 0 Å². The van der Waals surface area contributed by atoms with E-state index in [2.05, 4.69) is 17.1 Å². The summed E-state index contributed by atoms with van der Waals surface area (Å²) in [5.74, 6) is 0.955. The van der Waals surface area contributed by atoms with Crippen LogP contribution in [0.5, 0.6) is 0 Å². The van der Waals surface area contributed by atoms with Crippen LogP contribution in [0.1, 0.15) is 45.4 Å². The second-order valence-electron chi connectivity index (χ2n) is 6.19. The second kappa shape index (κ2) is 7.46. The van der Waals surface area contributed by atoms with Crippen molar-refractivity contribution >= 4 is 0 Å². The van der Waals surface area contributed by atoms with Gasteiger partial charge in [-0.1, -0.05) is 6.92 Å². The van der Waals surface area contributed by atoms with Gasteiger partial charge in [-0.3, -0.25) is 0 Å². The molecule has 1 N–H and O–H groups in total. The van der Waals surface area contributed by atoms with Crippen molar-refractivity contribution in [3.8, 4) is 0 Å². The van der Waals surface area contributed by atoms with E-state index in [1.54, 1.807) is 0 Å². The first-order valence-corrected chi connectivity index (χ1v) is 7.76. The Hall–Kier alpha value is -0.120. The quantitative estimate of drug-likeness (QED) is 0.814. The third-order valence-electron chi connectivity index (χ3n) is 4.74. The molecule has 0 bridgehead atoms. The maximum Gasteiger partial charge on any atom is 0.0595 e. The van der Waals surface area contributed by atoms with Gasteiger partial charge in [-0.2, -0.15) is 0 Å². The van der Waals surface area contributed by atoms with E-state index in [1.807, 2.05) is 7.11 Å². The van der Waals surface area contributed by atoms with Crippen LogP contribution in [-0.4, -0.2) is 50.3 Å². The van der Waals surface area contributed by atoms with Crippen molar-refractivity contribution in [3.05, 3.63) is 0 Å². The normalized spacial score (nSPS) is 31.7. The Balaban J connectivity index is 1.53. The summed E-state index contributed by atoms with van der Waals surface area (Å²) in [5.41, 5.74) is 0. The molecule has 0 aromatic rings. The Morgan fingerprint density at radius 1 is 1.06 bits per heavy atom. The van der Waals surface area contributed by atoms with Gasteiger partial charge in [-0.05, 0) is 44.4 Å². The summed E-state index contributed by atoms with van der Waals surface area (Å²) < 4.78 is 5.41. The number of nitrogens with one attached hydrogen (secondary N) is 1. The van der Waals surface area contributed by atoms with Crippen LogP contribution in [0.3, 0.4) is 0 Å². The molecule has 2 aliphatic rings. The molecule has 1 heterocycles. The Bertz CT molecular complexity index is 219. The van der Waals surface area contributed by atoms with Crippen molar-refractivity contribution in [2.45, 2.75) is 57.6 Å². The first-order valence-electron chi connectivity index (χ1n) is 7.76. The van der Waals surface area contributed by atoms with Crippen molar-refractivity contribution in [1.29, 1.82) is 0 Å². The molecule has 0 aromatic carbocycles. The summed E-state index contributed by atoms with van der Waals surface area (Å²) in [7, 11) is 1.84. The largest absolute Gasteiger partial charge is 0.381 e. The van der Waals surface area contributed by atoms with Gasteiger partial charge in [0.05, 0.1) is 6.10 Å². The SMILES string of the molecule is COC1CCN(CCNC2CCC(C)CC2)CC1. The Labute approximate surface area is 112 Å². The molecule has 0 aromatic heterocycles. The van der Waals surface area contributed by atoms with Crippen LogP contribution in [0.2, 0.25) is 0 Å². The monoisotopic (exact) mass is 254 g/mol. The molecule has 0 atom stereocenters. The summed E-state index contributed by atoms with van der Waals surface area (Å²) in [4.78, 5) is 2.58. The number of nitrogens with zero attached hydrogens (tertiary/aromatic N) is 1. The lowest BCUT2D eigenvalue weighted by Crippen LogP contribution is -2.42. The van der Waals surface area contributed by atoms with Gasteiger partial charge >= 0.3 is 0 Å². The predicted molar refractivity (Wildman–Crippen MR) is 75.9 cm³/mol. The van der Waals surface area contributed by atoms with E-state index in [1.165, 1.54) is 58.2 Å². The Morgan fingerprint density at radius 2 is 1.72 bits per heavy atom. The van der Waals surface area contributed by atoms with Gasteiger partial charge in [0.1, 0.15) is 0 Å². The predicted octanol–water partition coefficient (Wildman–Crippen LogP) is 2.27.